The van der Waals surface area contributed by atoms with Gasteiger partial charge in [-0.3, -0.25) is 4.79 Å². The smallest absolute Gasteiger partial charge is 0.220 e. The van der Waals surface area contributed by atoms with Gasteiger partial charge in [0.15, 0.2) is 0 Å². The van der Waals surface area contributed by atoms with E-state index in [1.807, 2.05) is 44.2 Å². The maximum Gasteiger partial charge on any atom is 0.220 e. The normalized spacial score (nSPS) is 12.1. The number of benzene rings is 2. The fourth-order valence-electron chi connectivity index (χ4n) is 3.50. The average Bonchev–Trinajstić information content (AvgIpc) is 3.10. The first-order valence-corrected chi connectivity index (χ1v) is 10.6. The number of amides is 1. The summed E-state index contributed by atoms with van der Waals surface area (Å²) in [5, 5.41) is 3.07. The van der Waals surface area contributed by atoms with Gasteiger partial charge in [0.2, 0.25) is 5.91 Å². The van der Waals surface area contributed by atoms with E-state index in [1.165, 1.54) is 5.56 Å². The van der Waals surface area contributed by atoms with Crippen LogP contribution in [0.15, 0.2) is 48.5 Å². The number of rotatable bonds is 10. The molecule has 1 aromatic heterocycles. The number of hydrogen-bond donors (Lipinski definition) is 1. The zero-order valence-electron chi connectivity index (χ0n) is 17.6. The molecule has 154 valence electrons. The van der Waals surface area contributed by atoms with E-state index < -0.39 is 0 Å². The van der Waals surface area contributed by atoms with Crippen LogP contribution in [-0.4, -0.2) is 22.1 Å². The molecule has 5 nitrogen and oxygen atoms in total. The number of para-hydroxylation sites is 2. The fraction of sp³-hybridized carbons (Fsp3) is 0.417. The Hall–Kier alpha value is -2.82. The largest absolute Gasteiger partial charge is 0.494 e. The minimum atomic E-state index is -0.135. The number of hydrogen-bond acceptors (Lipinski definition) is 3. The Morgan fingerprint density at radius 1 is 1.14 bits per heavy atom. The monoisotopic (exact) mass is 393 g/mol. The molecule has 0 saturated carbocycles. The van der Waals surface area contributed by atoms with Crippen molar-refractivity contribution in [2.24, 2.45) is 0 Å². The summed E-state index contributed by atoms with van der Waals surface area (Å²) in [5.74, 6) is 1.86. The lowest BCUT2D eigenvalue weighted by atomic mass is 10.2. The Morgan fingerprint density at radius 2 is 1.90 bits per heavy atom. The topological polar surface area (TPSA) is 56.2 Å². The van der Waals surface area contributed by atoms with Gasteiger partial charge in [-0.2, -0.15) is 0 Å². The molecule has 0 spiro atoms. The number of aryl methyl sites for hydroxylation is 2. The summed E-state index contributed by atoms with van der Waals surface area (Å²) < 4.78 is 8.11. The van der Waals surface area contributed by atoms with Gasteiger partial charge in [-0.15, -0.1) is 0 Å². The zero-order valence-corrected chi connectivity index (χ0v) is 17.6. The van der Waals surface area contributed by atoms with Crippen molar-refractivity contribution < 1.29 is 9.53 Å². The van der Waals surface area contributed by atoms with Gasteiger partial charge in [0, 0.05) is 13.0 Å². The van der Waals surface area contributed by atoms with E-state index in [1.54, 1.807) is 0 Å². The van der Waals surface area contributed by atoms with E-state index in [-0.39, 0.29) is 11.9 Å². The van der Waals surface area contributed by atoms with Crippen LogP contribution in [0.25, 0.3) is 11.0 Å². The third kappa shape index (κ3) is 5.37. The first kappa shape index (κ1) is 20.9. The van der Waals surface area contributed by atoms with Crippen LogP contribution in [0.1, 0.15) is 57.5 Å². The van der Waals surface area contributed by atoms with Crippen molar-refractivity contribution in [3.63, 3.8) is 0 Å². The second kappa shape index (κ2) is 10.1. The first-order chi connectivity index (χ1) is 14.1. The lowest BCUT2D eigenvalue weighted by molar-refractivity contribution is -0.121. The highest BCUT2D eigenvalue weighted by Crippen LogP contribution is 2.22. The highest BCUT2D eigenvalue weighted by molar-refractivity contribution is 5.78. The standard InChI is InChI=1S/C24H31N3O2/c1-4-9-23(28)25-18(3)24-26-21-10-6-7-11-22(21)27(24)16-8-17-29-20-14-12-19(5-2)13-15-20/h6-7,10-15,18H,4-5,8-9,16-17H2,1-3H3,(H,25,28). The molecule has 3 rings (SSSR count). The van der Waals surface area contributed by atoms with E-state index in [9.17, 15) is 4.79 Å². The predicted octanol–water partition coefficient (Wildman–Crippen LogP) is 5.05. The Bertz CT molecular complexity index is 931. The fourth-order valence-corrected chi connectivity index (χ4v) is 3.50. The van der Waals surface area contributed by atoms with Crippen LogP contribution in [0.3, 0.4) is 0 Å². The Kier molecular flexibility index (Phi) is 7.28. The zero-order chi connectivity index (χ0) is 20.6. The maximum absolute atomic E-state index is 12.0. The van der Waals surface area contributed by atoms with Crippen molar-refractivity contribution in [2.45, 2.75) is 59.0 Å². The number of carbonyl (C=O) groups excluding carboxylic acids is 1. The molecule has 0 bridgehead atoms. The summed E-state index contributed by atoms with van der Waals surface area (Å²) in [7, 11) is 0. The third-order valence-corrected chi connectivity index (χ3v) is 5.05. The molecule has 29 heavy (non-hydrogen) atoms. The highest BCUT2D eigenvalue weighted by Gasteiger charge is 2.18. The van der Waals surface area contributed by atoms with E-state index in [0.29, 0.717) is 13.0 Å². The molecule has 1 N–H and O–H groups in total. The Labute approximate surface area is 173 Å². The molecule has 0 fully saturated rings. The molecule has 1 unspecified atom stereocenters. The molecule has 0 aliphatic heterocycles. The number of nitrogens with zero attached hydrogens (tertiary/aromatic N) is 2. The van der Waals surface area contributed by atoms with Crippen LogP contribution in [-0.2, 0) is 17.8 Å². The molecule has 5 heteroatoms. The van der Waals surface area contributed by atoms with Gasteiger partial charge in [-0.1, -0.05) is 38.1 Å². The quantitative estimate of drug-likeness (QED) is 0.491. The van der Waals surface area contributed by atoms with Crippen molar-refractivity contribution in [3.8, 4) is 5.75 Å². The summed E-state index contributed by atoms with van der Waals surface area (Å²) in [4.78, 5) is 16.8. The summed E-state index contributed by atoms with van der Waals surface area (Å²) in [5.41, 5.74) is 3.35. The van der Waals surface area contributed by atoms with Gasteiger partial charge in [0.25, 0.3) is 0 Å². The number of carbonyl (C=O) groups is 1. The van der Waals surface area contributed by atoms with Crippen LogP contribution in [0.5, 0.6) is 5.75 Å². The molecule has 0 aliphatic rings. The van der Waals surface area contributed by atoms with E-state index >= 15 is 0 Å². The van der Waals surface area contributed by atoms with Crippen molar-refractivity contribution in [1.82, 2.24) is 14.9 Å². The molecule has 0 saturated heterocycles. The minimum Gasteiger partial charge on any atom is -0.494 e. The molecule has 1 amide bonds. The highest BCUT2D eigenvalue weighted by atomic mass is 16.5. The molecule has 0 radical (unpaired) electrons. The van der Waals surface area contributed by atoms with Crippen LogP contribution in [0.4, 0.5) is 0 Å². The molecule has 0 aliphatic carbocycles. The predicted molar refractivity (Wildman–Crippen MR) is 117 cm³/mol. The van der Waals surface area contributed by atoms with Gasteiger partial charge in [0.05, 0.1) is 23.7 Å². The van der Waals surface area contributed by atoms with E-state index in [2.05, 4.69) is 35.0 Å². The number of aromatic nitrogens is 2. The molecule has 1 atom stereocenters. The summed E-state index contributed by atoms with van der Waals surface area (Å²) in [6.45, 7) is 7.58. The van der Waals surface area contributed by atoms with E-state index in [0.717, 1.165) is 48.4 Å². The molecule has 2 aromatic carbocycles. The van der Waals surface area contributed by atoms with Crippen LogP contribution < -0.4 is 10.1 Å². The second-order valence-electron chi connectivity index (χ2n) is 7.35. The van der Waals surface area contributed by atoms with Crippen molar-refractivity contribution in [2.75, 3.05) is 6.61 Å². The summed E-state index contributed by atoms with van der Waals surface area (Å²) in [6.07, 6.45) is 3.27. The van der Waals surface area contributed by atoms with Crippen molar-refractivity contribution in [1.29, 1.82) is 0 Å². The van der Waals surface area contributed by atoms with Gasteiger partial charge >= 0.3 is 0 Å². The second-order valence-corrected chi connectivity index (χ2v) is 7.35. The van der Waals surface area contributed by atoms with Gasteiger partial charge < -0.3 is 14.6 Å². The Morgan fingerprint density at radius 3 is 2.62 bits per heavy atom. The Balaban J connectivity index is 1.67. The maximum atomic E-state index is 12.0. The number of nitrogens with one attached hydrogen (secondary N) is 1. The van der Waals surface area contributed by atoms with Crippen molar-refractivity contribution >= 4 is 16.9 Å². The summed E-state index contributed by atoms with van der Waals surface area (Å²) >= 11 is 0. The van der Waals surface area contributed by atoms with Gasteiger partial charge in [0.1, 0.15) is 11.6 Å². The van der Waals surface area contributed by atoms with Gasteiger partial charge in [-0.25, -0.2) is 4.98 Å². The third-order valence-electron chi connectivity index (χ3n) is 5.05. The lowest BCUT2D eigenvalue weighted by Gasteiger charge is -2.16. The molecular formula is C24H31N3O2. The molecule has 1 heterocycles. The number of imidazole rings is 1. The molecular weight excluding hydrogens is 362 g/mol. The number of fused-ring (bicyclic) bond motifs is 1. The van der Waals surface area contributed by atoms with E-state index in [4.69, 9.17) is 9.72 Å². The first-order valence-electron chi connectivity index (χ1n) is 10.6. The van der Waals surface area contributed by atoms with Crippen LogP contribution in [0.2, 0.25) is 0 Å². The summed E-state index contributed by atoms with van der Waals surface area (Å²) in [6, 6.07) is 16.3. The van der Waals surface area contributed by atoms with Crippen LogP contribution >= 0.6 is 0 Å². The SMILES string of the molecule is CCCC(=O)NC(C)c1nc2ccccc2n1CCCOc1ccc(CC)cc1. The minimum absolute atomic E-state index is 0.0671. The number of ether oxygens (including phenoxy) is 1. The van der Waals surface area contributed by atoms with Gasteiger partial charge in [-0.05, 0) is 56.0 Å². The average molecular weight is 394 g/mol. The lowest BCUT2D eigenvalue weighted by Crippen LogP contribution is -2.28. The molecule has 3 aromatic rings. The van der Waals surface area contributed by atoms with Crippen molar-refractivity contribution in [3.05, 3.63) is 59.9 Å². The van der Waals surface area contributed by atoms with Crippen LogP contribution in [0, 0.1) is 0 Å².